The smallest absolute Gasteiger partial charge is 0.309 e. The van der Waals surface area contributed by atoms with Crippen molar-refractivity contribution in [3.8, 4) is 0 Å². The number of rotatable bonds is 28. The number of thiazole rings is 1. The van der Waals surface area contributed by atoms with E-state index < -0.39 is 47.5 Å². The van der Waals surface area contributed by atoms with Gasteiger partial charge in [-0.2, -0.15) is 0 Å². The minimum atomic E-state index is -1.20. The summed E-state index contributed by atoms with van der Waals surface area (Å²) in [6.45, 7) is 15.7. The maximum Gasteiger partial charge on any atom is 0.309 e. The van der Waals surface area contributed by atoms with E-state index in [1.165, 1.54) is 11.8 Å². The number of aromatic nitrogens is 1. The first-order valence-corrected chi connectivity index (χ1v) is 24.8. The Morgan fingerprint density at radius 1 is 1.02 bits per heavy atom. The Bertz CT molecular complexity index is 1870. The fourth-order valence-corrected chi connectivity index (χ4v) is 9.46. The lowest BCUT2D eigenvalue weighted by Crippen LogP contribution is -2.56. The lowest BCUT2D eigenvalue weighted by Gasteiger charge is -2.39. The number of nitrogens with two attached hydrogens (primary N) is 1. The minimum absolute atomic E-state index is 0.0670. The first-order chi connectivity index (χ1) is 31.3. The van der Waals surface area contributed by atoms with E-state index in [0.717, 1.165) is 68.4 Å². The molecular formula is C49H79N7O9S. The molecule has 1 aromatic carbocycles. The number of aliphatic hydroxyl groups excluding tert-OH is 1. The summed E-state index contributed by atoms with van der Waals surface area (Å²) in [4.78, 5) is 90.1. The number of anilines is 1. The summed E-state index contributed by atoms with van der Waals surface area (Å²) in [5.74, 6) is -3.00. The highest BCUT2D eigenvalue weighted by Gasteiger charge is 2.38. The molecule has 1 aliphatic rings. The number of amides is 4. The van der Waals surface area contributed by atoms with Crippen LogP contribution in [0.1, 0.15) is 153 Å². The van der Waals surface area contributed by atoms with Crippen LogP contribution in [0.5, 0.6) is 0 Å². The lowest BCUT2D eigenvalue weighted by atomic mass is 9.84. The number of hydrogen-bond acceptors (Lipinski definition) is 12. The van der Waals surface area contributed by atoms with Gasteiger partial charge in [0.05, 0.1) is 18.6 Å². The number of carboxylic acids is 1. The number of aliphatic carboxylic acids is 1. The van der Waals surface area contributed by atoms with Crippen molar-refractivity contribution in [1.29, 1.82) is 0 Å². The standard InChI is InChI=1S/C49H79N7O9S/c1-10-12-13-15-23-56(47(62)44(33(5)11-2)53-42(59)27-38-17-14-16-22-54(38)9)40(32(3)4)28-41(65-34(6)58)46-52-39(31-66-46)45(61)51-36(29-49(7,8)48(63)64)26-35-18-20-37(21-19-35)55(24-25-57)43(60)30-50/h18-21,31-33,36,38,40-41,44,57H,10-17,22-30,50H2,1-9H3,(H,51,61)(H,53,59)(H,63,64)/t33-,36-,38+,40+,41+,44-/m0/s1. The number of piperidine rings is 1. The van der Waals surface area contributed by atoms with Crippen molar-refractivity contribution < 1.29 is 43.7 Å². The molecule has 6 atom stereocenters. The first-order valence-electron chi connectivity index (χ1n) is 23.9. The van der Waals surface area contributed by atoms with Crippen LogP contribution in [0.25, 0.3) is 0 Å². The number of esters is 1. The topological polar surface area (TPSA) is 225 Å². The van der Waals surface area contributed by atoms with E-state index in [2.05, 4.69) is 27.4 Å². The Labute approximate surface area is 396 Å². The molecule has 4 amide bonds. The molecule has 66 heavy (non-hydrogen) atoms. The summed E-state index contributed by atoms with van der Waals surface area (Å²) in [5, 5.41) is 27.6. The van der Waals surface area contributed by atoms with Crippen LogP contribution in [0.4, 0.5) is 5.69 Å². The number of hydrogen-bond donors (Lipinski definition) is 5. The van der Waals surface area contributed by atoms with Gasteiger partial charge in [0.2, 0.25) is 17.7 Å². The molecule has 2 heterocycles. The number of likely N-dealkylation sites (tertiary alicyclic amines) is 1. The summed E-state index contributed by atoms with van der Waals surface area (Å²) in [6.07, 6.45) is 7.48. The van der Waals surface area contributed by atoms with Gasteiger partial charge in [0.25, 0.3) is 5.91 Å². The number of nitrogens with one attached hydrogen (secondary N) is 2. The highest BCUT2D eigenvalue weighted by Crippen LogP contribution is 2.33. The molecule has 0 unspecified atom stereocenters. The van der Waals surface area contributed by atoms with Crippen LogP contribution in [0.15, 0.2) is 29.6 Å². The highest BCUT2D eigenvalue weighted by molar-refractivity contribution is 7.09. The number of nitrogens with zero attached hydrogens (tertiary/aromatic N) is 4. The van der Waals surface area contributed by atoms with Gasteiger partial charge in [-0.15, -0.1) is 11.3 Å². The fourth-order valence-electron chi connectivity index (χ4n) is 8.62. The third-order valence-electron chi connectivity index (χ3n) is 12.8. The van der Waals surface area contributed by atoms with Crippen LogP contribution in [-0.4, -0.2) is 125 Å². The Morgan fingerprint density at radius 3 is 2.29 bits per heavy atom. The Morgan fingerprint density at radius 2 is 1.71 bits per heavy atom. The van der Waals surface area contributed by atoms with Crippen LogP contribution in [0, 0.1) is 17.3 Å². The van der Waals surface area contributed by atoms with Gasteiger partial charge in [0.1, 0.15) is 16.7 Å². The van der Waals surface area contributed by atoms with Crippen LogP contribution < -0.4 is 21.3 Å². The van der Waals surface area contributed by atoms with E-state index in [0.29, 0.717) is 30.1 Å². The first kappa shape index (κ1) is 55.9. The molecule has 1 aromatic heterocycles. The highest BCUT2D eigenvalue weighted by atomic mass is 32.1. The van der Waals surface area contributed by atoms with Gasteiger partial charge >= 0.3 is 11.9 Å². The maximum atomic E-state index is 14.9. The van der Waals surface area contributed by atoms with Crippen molar-refractivity contribution in [3.63, 3.8) is 0 Å². The Kier molecular flexibility index (Phi) is 23.2. The van der Waals surface area contributed by atoms with Gasteiger partial charge in [0, 0.05) is 62.0 Å². The molecule has 0 saturated carbocycles. The predicted molar refractivity (Wildman–Crippen MR) is 258 cm³/mol. The third-order valence-corrected chi connectivity index (χ3v) is 13.8. The second kappa shape index (κ2) is 27.4. The molecule has 370 valence electrons. The van der Waals surface area contributed by atoms with Crippen molar-refractivity contribution in [2.24, 2.45) is 23.0 Å². The number of carbonyl (C=O) groups is 6. The zero-order valence-corrected chi connectivity index (χ0v) is 41.8. The van der Waals surface area contributed by atoms with Crippen molar-refractivity contribution in [3.05, 3.63) is 45.9 Å². The quantitative estimate of drug-likeness (QED) is 0.0482. The minimum Gasteiger partial charge on any atom is -0.481 e. The summed E-state index contributed by atoms with van der Waals surface area (Å²) in [7, 11) is 2.05. The number of unbranched alkanes of at least 4 members (excludes halogenated alkanes) is 3. The molecule has 16 nitrogen and oxygen atoms in total. The van der Waals surface area contributed by atoms with Gasteiger partial charge in [-0.3, -0.25) is 28.8 Å². The normalized spacial score (nSPS) is 16.7. The molecule has 3 rings (SSSR count). The monoisotopic (exact) mass is 942 g/mol. The van der Waals surface area contributed by atoms with E-state index in [9.17, 15) is 39.0 Å². The van der Waals surface area contributed by atoms with Gasteiger partial charge in [0.15, 0.2) is 6.10 Å². The zero-order valence-electron chi connectivity index (χ0n) is 41.0. The summed E-state index contributed by atoms with van der Waals surface area (Å²) >= 11 is 1.16. The van der Waals surface area contributed by atoms with E-state index in [4.69, 9.17) is 10.5 Å². The van der Waals surface area contributed by atoms with E-state index in [1.807, 2.05) is 39.6 Å². The molecule has 0 bridgehead atoms. The van der Waals surface area contributed by atoms with Crippen molar-refractivity contribution >= 4 is 52.6 Å². The van der Waals surface area contributed by atoms with Gasteiger partial charge in [-0.25, -0.2) is 4.98 Å². The Hall–Kier alpha value is -4.45. The SMILES string of the molecule is CCCCCCN(C(=O)[C@@H](NC(=O)C[C@H]1CCCCN1C)[C@@H](C)CC)[C@H](C[C@@H](OC(C)=O)c1nc(C(=O)N[C@@H](Cc2ccc(N(CCO)C(=O)CN)cc2)CC(C)(C)C(=O)O)cs1)C(C)C. The number of ether oxygens (including phenoxy) is 1. The number of carbonyl (C=O) groups excluding carboxylic acids is 5. The maximum absolute atomic E-state index is 14.9. The van der Waals surface area contributed by atoms with Gasteiger partial charge < -0.3 is 46.0 Å². The summed E-state index contributed by atoms with van der Waals surface area (Å²) in [6, 6.07) is 5.29. The molecule has 0 aliphatic carbocycles. The number of benzene rings is 1. The average Bonchev–Trinajstić information content (AvgIpc) is 3.77. The predicted octanol–water partition coefficient (Wildman–Crippen LogP) is 6.10. The van der Waals surface area contributed by atoms with Crippen LogP contribution >= 0.6 is 11.3 Å². The summed E-state index contributed by atoms with van der Waals surface area (Å²) < 4.78 is 5.94. The van der Waals surface area contributed by atoms with Crippen molar-refractivity contribution in [2.45, 2.75) is 163 Å². The van der Waals surface area contributed by atoms with E-state index >= 15 is 0 Å². The molecule has 6 N–H and O–H groups in total. The van der Waals surface area contributed by atoms with Crippen molar-refractivity contribution in [2.75, 3.05) is 44.7 Å². The van der Waals surface area contributed by atoms with Gasteiger partial charge in [-0.1, -0.05) is 78.9 Å². The molecule has 17 heteroatoms. The van der Waals surface area contributed by atoms with Crippen LogP contribution in [0.2, 0.25) is 0 Å². The molecule has 2 aromatic rings. The van der Waals surface area contributed by atoms with E-state index in [-0.39, 0.29) is 80.3 Å². The average molecular weight is 942 g/mol. The van der Waals surface area contributed by atoms with Crippen molar-refractivity contribution in [1.82, 2.24) is 25.4 Å². The molecule has 1 aliphatic heterocycles. The molecule has 1 fully saturated rings. The van der Waals surface area contributed by atoms with Crippen LogP contribution in [-0.2, 0) is 35.1 Å². The largest absolute Gasteiger partial charge is 0.481 e. The van der Waals surface area contributed by atoms with Crippen LogP contribution in [0.3, 0.4) is 0 Å². The molecular weight excluding hydrogens is 863 g/mol. The third kappa shape index (κ3) is 17.0. The second-order valence-corrected chi connectivity index (χ2v) is 19.9. The molecule has 1 saturated heterocycles. The number of aliphatic hydroxyl groups is 1. The molecule has 0 radical (unpaired) electrons. The second-order valence-electron chi connectivity index (χ2n) is 19.0. The molecule has 0 spiro atoms. The van der Waals surface area contributed by atoms with Gasteiger partial charge in [-0.05, 0) is 89.1 Å². The fraction of sp³-hybridized carbons (Fsp3) is 0.694. The Balaban J connectivity index is 1.93. The lowest BCUT2D eigenvalue weighted by molar-refractivity contribution is -0.150. The number of carboxylic acid groups (broad SMARTS) is 1. The summed E-state index contributed by atoms with van der Waals surface area (Å²) in [5.41, 5.74) is 5.75. The van der Waals surface area contributed by atoms with E-state index in [1.54, 1.807) is 43.5 Å². The zero-order chi connectivity index (χ0) is 49.1.